The van der Waals surface area contributed by atoms with Crippen LogP contribution in [0.2, 0.25) is 0 Å². The molecular formula is C22H27NO4S. The van der Waals surface area contributed by atoms with Crippen LogP contribution < -0.4 is 0 Å². The van der Waals surface area contributed by atoms with E-state index in [1.54, 1.807) is 24.3 Å². The summed E-state index contributed by atoms with van der Waals surface area (Å²) >= 11 is 0. The van der Waals surface area contributed by atoms with Crippen LogP contribution in [0.5, 0.6) is 0 Å². The second kappa shape index (κ2) is 8.88. The molecule has 1 fully saturated rings. The number of hydrogen-bond acceptors (Lipinski definition) is 4. The molecule has 1 saturated heterocycles. The molecular weight excluding hydrogens is 374 g/mol. The fourth-order valence-corrected chi connectivity index (χ4v) is 4.09. The van der Waals surface area contributed by atoms with Crippen molar-refractivity contribution in [3.63, 3.8) is 0 Å². The van der Waals surface area contributed by atoms with Gasteiger partial charge in [-0.15, -0.1) is 0 Å². The van der Waals surface area contributed by atoms with Crippen LogP contribution in [0.1, 0.15) is 29.5 Å². The summed E-state index contributed by atoms with van der Waals surface area (Å²) in [4.78, 5) is 15.1. The maximum Gasteiger partial charge on any atom is 0.227 e. The van der Waals surface area contributed by atoms with Gasteiger partial charge < -0.3 is 9.64 Å². The summed E-state index contributed by atoms with van der Waals surface area (Å²) in [5.74, 6) is 0.0177. The first-order valence-electron chi connectivity index (χ1n) is 9.55. The van der Waals surface area contributed by atoms with Gasteiger partial charge >= 0.3 is 0 Å². The number of sulfone groups is 1. The van der Waals surface area contributed by atoms with Gasteiger partial charge in [0.1, 0.15) is 0 Å². The quantitative estimate of drug-likeness (QED) is 0.715. The zero-order valence-electron chi connectivity index (χ0n) is 16.4. The van der Waals surface area contributed by atoms with Crippen molar-refractivity contribution in [1.82, 2.24) is 4.90 Å². The van der Waals surface area contributed by atoms with E-state index in [0.717, 1.165) is 30.6 Å². The van der Waals surface area contributed by atoms with E-state index in [0.29, 0.717) is 13.1 Å². The molecule has 2 aromatic carbocycles. The van der Waals surface area contributed by atoms with Gasteiger partial charge in [-0.3, -0.25) is 4.79 Å². The molecule has 1 aliphatic heterocycles. The first-order chi connectivity index (χ1) is 13.3. The molecule has 150 valence electrons. The van der Waals surface area contributed by atoms with Gasteiger partial charge in [-0.05, 0) is 43.0 Å². The van der Waals surface area contributed by atoms with Gasteiger partial charge in [-0.25, -0.2) is 8.42 Å². The van der Waals surface area contributed by atoms with Gasteiger partial charge in [0.15, 0.2) is 9.84 Å². The van der Waals surface area contributed by atoms with Gasteiger partial charge in [0.2, 0.25) is 5.91 Å². The predicted octanol–water partition coefficient (Wildman–Crippen LogP) is 3.15. The van der Waals surface area contributed by atoms with E-state index in [-0.39, 0.29) is 23.3 Å². The topological polar surface area (TPSA) is 63.7 Å². The van der Waals surface area contributed by atoms with Crippen LogP contribution in [-0.2, 0) is 32.3 Å². The Hall–Kier alpha value is -2.18. The Morgan fingerprint density at radius 2 is 1.89 bits per heavy atom. The number of nitrogens with zero attached hydrogens (tertiary/aromatic N) is 1. The van der Waals surface area contributed by atoms with Crippen LogP contribution in [0.25, 0.3) is 0 Å². The van der Waals surface area contributed by atoms with Crippen molar-refractivity contribution in [2.75, 3.05) is 19.4 Å². The minimum Gasteiger partial charge on any atom is -0.376 e. The summed E-state index contributed by atoms with van der Waals surface area (Å²) in [5.41, 5.74) is 3.07. The summed E-state index contributed by atoms with van der Waals surface area (Å²) in [5, 5.41) is 0. The normalized spacial score (nSPS) is 16.9. The monoisotopic (exact) mass is 401 g/mol. The van der Waals surface area contributed by atoms with Crippen molar-refractivity contribution in [2.45, 2.75) is 43.7 Å². The maximum absolute atomic E-state index is 13.0. The lowest BCUT2D eigenvalue weighted by atomic mass is 10.1. The average Bonchev–Trinajstić information content (AvgIpc) is 3.14. The zero-order chi connectivity index (χ0) is 20.1. The van der Waals surface area contributed by atoms with Crippen molar-refractivity contribution >= 4 is 15.7 Å². The fourth-order valence-electron chi connectivity index (χ4n) is 3.46. The van der Waals surface area contributed by atoms with Crippen molar-refractivity contribution in [3.8, 4) is 0 Å². The number of hydrogen-bond donors (Lipinski definition) is 0. The van der Waals surface area contributed by atoms with E-state index < -0.39 is 9.84 Å². The number of ether oxygens (including phenoxy) is 1. The van der Waals surface area contributed by atoms with Crippen molar-refractivity contribution in [1.29, 1.82) is 0 Å². The molecule has 5 nitrogen and oxygen atoms in total. The Bertz CT molecular complexity index is 916. The Labute approximate surface area is 167 Å². The average molecular weight is 402 g/mol. The van der Waals surface area contributed by atoms with E-state index in [1.807, 2.05) is 30.0 Å². The predicted molar refractivity (Wildman–Crippen MR) is 109 cm³/mol. The number of benzene rings is 2. The Morgan fingerprint density at radius 1 is 1.14 bits per heavy atom. The first-order valence-corrected chi connectivity index (χ1v) is 11.4. The van der Waals surface area contributed by atoms with E-state index in [2.05, 4.69) is 6.07 Å². The molecule has 3 rings (SSSR count). The number of rotatable bonds is 7. The highest BCUT2D eigenvalue weighted by Gasteiger charge is 2.23. The van der Waals surface area contributed by atoms with Crippen molar-refractivity contribution in [2.24, 2.45) is 0 Å². The molecule has 1 atom stereocenters. The molecule has 28 heavy (non-hydrogen) atoms. The van der Waals surface area contributed by atoms with Crippen molar-refractivity contribution < 1.29 is 17.9 Å². The summed E-state index contributed by atoms with van der Waals surface area (Å²) in [6, 6.07) is 14.7. The highest BCUT2D eigenvalue weighted by atomic mass is 32.2. The number of amides is 1. The number of carbonyl (C=O) groups is 1. The van der Waals surface area contributed by atoms with Crippen LogP contribution in [0, 0.1) is 6.92 Å². The molecule has 2 aromatic rings. The molecule has 6 heteroatoms. The molecule has 1 heterocycles. The lowest BCUT2D eigenvalue weighted by Crippen LogP contribution is -2.37. The van der Waals surface area contributed by atoms with Gasteiger partial charge in [0.05, 0.1) is 17.4 Å². The SMILES string of the molecule is Cc1cccc(CN(CC2CCCO2)C(=O)Cc2ccc(S(C)(=O)=O)cc2)c1. The summed E-state index contributed by atoms with van der Waals surface area (Å²) in [6.07, 6.45) is 3.51. The smallest absolute Gasteiger partial charge is 0.227 e. The second-order valence-electron chi connectivity index (χ2n) is 7.49. The molecule has 1 unspecified atom stereocenters. The molecule has 0 saturated carbocycles. The molecule has 0 bridgehead atoms. The standard InChI is InChI=1S/C22H27NO4S/c1-17-5-3-6-19(13-17)15-23(16-20-7-4-12-27-20)22(24)14-18-8-10-21(11-9-18)28(2,25)26/h3,5-6,8-11,13,20H,4,7,12,14-16H2,1-2H3. The largest absolute Gasteiger partial charge is 0.376 e. The zero-order valence-corrected chi connectivity index (χ0v) is 17.2. The van der Waals surface area contributed by atoms with E-state index in [1.165, 1.54) is 11.8 Å². The lowest BCUT2D eigenvalue weighted by Gasteiger charge is -2.26. The van der Waals surface area contributed by atoms with E-state index >= 15 is 0 Å². The molecule has 0 aromatic heterocycles. The molecule has 1 amide bonds. The second-order valence-corrected chi connectivity index (χ2v) is 9.51. The molecule has 0 radical (unpaired) electrons. The van der Waals surface area contributed by atoms with Crippen LogP contribution in [0.15, 0.2) is 53.4 Å². The lowest BCUT2D eigenvalue weighted by molar-refractivity contribution is -0.132. The number of aryl methyl sites for hydroxylation is 1. The van der Waals surface area contributed by atoms with Crippen LogP contribution >= 0.6 is 0 Å². The third kappa shape index (κ3) is 5.66. The molecule has 1 aliphatic rings. The van der Waals surface area contributed by atoms with Crippen LogP contribution in [0.4, 0.5) is 0 Å². The highest BCUT2D eigenvalue weighted by Crippen LogP contribution is 2.18. The van der Waals surface area contributed by atoms with E-state index in [9.17, 15) is 13.2 Å². The summed E-state index contributed by atoms with van der Waals surface area (Å²) in [7, 11) is -3.24. The fraction of sp³-hybridized carbons (Fsp3) is 0.409. The Morgan fingerprint density at radius 3 is 2.50 bits per heavy atom. The maximum atomic E-state index is 13.0. The molecule has 0 spiro atoms. The Balaban J connectivity index is 1.73. The van der Waals surface area contributed by atoms with Gasteiger partial charge in [-0.1, -0.05) is 42.0 Å². The number of carbonyl (C=O) groups excluding carboxylic acids is 1. The minimum atomic E-state index is -3.24. The van der Waals surface area contributed by atoms with E-state index in [4.69, 9.17) is 4.74 Å². The van der Waals surface area contributed by atoms with Crippen molar-refractivity contribution in [3.05, 3.63) is 65.2 Å². The Kier molecular flexibility index (Phi) is 6.52. The third-order valence-electron chi connectivity index (χ3n) is 4.96. The van der Waals surface area contributed by atoms with Gasteiger partial charge in [-0.2, -0.15) is 0 Å². The molecule has 0 N–H and O–H groups in total. The first kappa shape index (κ1) is 20.6. The van der Waals surface area contributed by atoms with Gasteiger partial charge in [0, 0.05) is 26.0 Å². The minimum absolute atomic E-state index is 0.0177. The van der Waals surface area contributed by atoms with Gasteiger partial charge in [0.25, 0.3) is 0 Å². The summed E-state index contributed by atoms with van der Waals surface area (Å²) in [6.45, 7) is 3.92. The van der Waals surface area contributed by atoms with Crippen LogP contribution in [0.3, 0.4) is 0 Å². The van der Waals surface area contributed by atoms with Crippen LogP contribution in [-0.4, -0.2) is 44.7 Å². The third-order valence-corrected chi connectivity index (χ3v) is 6.09. The molecule has 0 aliphatic carbocycles. The highest BCUT2D eigenvalue weighted by molar-refractivity contribution is 7.90. The summed E-state index contributed by atoms with van der Waals surface area (Å²) < 4.78 is 29.0.